The number of nitrogens with zero attached hydrogens (tertiary/aromatic N) is 3. The molecule has 1 aromatic carbocycles. The summed E-state index contributed by atoms with van der Waals surface area (Å²) in [7, 11) is 1.55. The number of fused-ring (bicyclic) bond motifs is 1. The van der Waals surface area contributed by atoms with Gasteiger partial charge in [-0.25, -0.2) is 9.38 Å². The number of piperazine rings is 1. The van der Waals surface area contributed by atoms with Crippen molar-refractivity contribution in [3.8, 4) is 5.75 Å². The number of amidine groups is 1. The zero-order chi connectivity index (χ0) is 23.5. The van der Waals surface area contributed by atoms with E-state index in [0.29, 0.717) is 67.1 Å². The number of hydrogen-bond donors (Lipinski definition) is 1. The minimum absolute atomic E-state index is 0.373. The van der Waals surface area contributed by atoms with Gasteiger partial charge in [0, 0.05) is 38.8 Å². The predicted octanol–water partition coefficient (Wildman–Crippen LogP) is 3.64. The third-order valence-corrected chi connectivity index (χ3v) is 5.62. The molecule has 32 heavy (non-hydrogen) atoms. The molecule has 8 heteroatoms. The van der Waals surface area contributed by atoms with Crippen molar-refractivity contribution in [1.82, 2.24) is 9.80 Å². The molecule has 172 valence electrons. The SMILES string of the molecule is C=C/C(=C\C1=C(C)Oc2ccc(F)cc2C(N2CCN(CC(C)(C)C(=O)O)CC2)=N1)OC. The summed E-state index contributed by atoms with van der Waals surface area (Å²) >= 11 is 0. The first-order valence-electron chi connectivity index (χ1n) is 10.5. The maximum atomic E-state index is 14.2. The smallest absolute Gasteiger partial charge is 0.310 e. The molecule has 0 aromatic heterocycles. The van der Waals surface area contributed by atoms with E-state index in [1.165, 1.54) is 12.1 Å². The molecule has 2 heterocycles. The van der Waals surface area contributed by atoms with Gasteiger partial charge in [-0.15, -0.1) is 0 Å². The van der Waals surface area contributed by atoms with Crippen LogP contribution >= 0.6 is 0 Å². The van der Waals surface area contributed by atoms with Crippen LogP contribution in [0.4, 0.5) is 4.39 Å². The van der Waals surface area contributed by atoms with Gasteiger partial charge in [-0.2, -0.15) is 0 Å². The Balaban J connectivity index is 1.92. The zero-order valence-electron chi connectivity index (χ0n) is 19.0. The summed E-state index contributed by atoms with van der Waals surface area (Å²) in [6.45, 7) is 12.1. The number of aliphatic carboxylic acids is 1. The summed E-state index contributed by atoms with van der Waals surface area (Å²) in [4.78, 5) is 20.5. The first-order chi connectivity index (χ1) is 15.1. The Labute approximate surface area is 188 Å². The van der Waals surface area contributed by atoms with Gasteiger partial charge >= 0.3 is 5.97 Å². The summed E-state index contributed by atoms with van der Waals surface area (Å²) < 4.78 is 25.5. The average molecular weight is 444 g/mol. The van der Waals surface area contributed by atoms with Gasteiger partial charge in [-0.05, 0) is 45.0 Å². The van der Waals surface area contributed by atoms with E-state index < -0.39 is 11.4 Å². The van der Waals surface area contributed by atoms with Crippen molar-refractivity contribution in [1.29, 1.82) is 0 Å². The van der Waals surface area contributed by atoms with Gasteiger partial charge in [0.25, 0.3) is 0 Å². The number of aliphatic imine (C=N–C) groups is 1. The lowest BCUT2D eigenvalue weighted by Gasteiger charge is -2.39. The fourth-order valence-electron chi connectivity index (χ4n) is 3.69. The van der Waals surface area contributed by atoms with Crippen LogP contribution in [-0.4, -0.2) is 66.5 Å². The molecule has 1 aromatic rings. The Morgan fingerprint density at radius 1 is 1.34 bits per heavy atom. The number of carboxylic acids is 1. The van der Waals surface area contributed by atoms with Crippen molar-refractivity contribution in [2.45, 2.75) is 20.8 Å². The third kappa shape index (κ3) is 5.19. The van der Waals surface area contributed by atoms with Crippen LogP contribution in [0.15, 0.2) is 59.1 Å². The number of ether oxygens (including phenoxy) is 2. The quantitative estimate of drug-likeness (QED) is 0.535. The van der Waals surface area contributed by atoms with E-state index in [1.807, 2.05) is 0 Å². The van der Waals surface area contributed by atoms with Gasteiger partial charge in [0.15, 0.2) is 0 Å². The van der Waals surface area contributed by atoms with Gasteiger partial charge in [-0.1, -0.05) is 6.58 Å². The van der Waals surface area contributed by atoms with Crippen LogP contribution in [0, 0.1) is 11.2 Å². The molecule has 2 aliphatic heterocycles. The van der Waals surface area contributed by atoms with Crippen LogP contribution in [0.3, 0.4) is 0 Å². The highest BCUT2D eigenvalue weighted by Gasteiger charge is 2.32. The molecule has 0 unspecified atom stereocenters. The van der Waals surface area contributed by atoms with Crippen molar-refractivity contribution in [2.24, 2.45) is 10.4 Å². The average Bonchev–Trinajstić information content (AvgIpc) is 2.88. The first kappa shape index (κ1) is 23.5. The van der Waals surface area contributed by atoms with E-state index >= 15 is 0 Å². The number of benzene rings is 1. The standard InChI is InChI=1S/C24H30FN3O4/c1-6-18(31-5)14-20-16(2)32-21-8-7-17(25)13-19(21)22(26-20)28-11-9-27(10-12-28)15-24(3,4)23(29)30/h6-8,13-14H,1,9-12,15H2,2-5H3,(H,29,30)/b18-14+. The molecular weight excluding hydrogens is 413 g/mol. The second kappa shape index (κ2) is 9.56. The van der Waals surface area contributed by atoms with Crippen LogP contribution in [0.1, 0.15) is 26.3 Å². The van der Waals surface area contributed by atoms with Crippen molar-refractivity contribution >= 4 is 11.8 Å². The van der Waals surface area contributed by atoms with Crippen LogP contribution in [-0.2, 0) is 9.53 Å². The molecule has 0 bridgehead atoms. The summed E-state index contributed by atoms with van der Waals surface area (Å²) in [5.41, 5.74) is 0.303. The summed E-state index contributed by atoms with van der Waals surface area (Å²) in [5, 5.41) is 9.43. The third-order valence-electron chi connectivity index (χ3n) is 5.62. The molecule has 0 atom stereocenters. The van der Waals surface area contributed by atoms with Gasteiger partial charge in [-0.3, -0.25) is 9.69 Å². The molecule has 1 saturated heterocycles. The van der Waals surface area contributed by atoms with Crippen LogP contribution in [0.2, 0.25) is 0 Å². The van der Waals surface area contributed by atoms with E-state index in [4.69, 9.17) is 14.5 Å². The van der Waals surface area contributed by atoms with Crippen LogP contribution in [0.25, 0.3) is 0 Å². The van der Waals surface area contributed by atoms with Gasteiger partial charge in [0.1, 0.15) is 34.6 Å². The molecule has 0 radical (unpaired) electrons. The zero-order valence-corrected chi connectivity index (χ0v) is 19.0. The molecule has 0 spiro atoms. The maximum absolute atomic E-state index is 14.2. The highest BCUT2D eigenvalue weighted by Crippen LogP contribution is 2.30. The Kier molecular flexibility index (Phi) is 7.03. The van der Waals surface area contributed by atoms with Gasteiger partial charge < -0.3 is 19.5 Å². The lowest BCUT2D eigenvalue weighted by molar-refractivity contribution is -0.148. The van der Waals surface area contributed by atoms with Crippen molar-refractivity contribution in [2.75, 3.05) is 39.8 Å². The molecule has 3 rings (SSSR count). The lowest BCUT2D eigenvalue weighted by Crippen LogP contribution is -2.52. The van der Waals surface area contributed by atoms with Gasteiger partial charge in [0.05, 0.1) is 18.1 Å². The molecule has 0 aliphatic carbocycles. The highest BCUT2D eigenvalue weighted by atomic mass is 19.1. The molecule has 1 fully saturated rings. The van der Waals surface area contributed by atoms with E-state index in [1.54, 1.807) is 46.1 Å². The topological polar surface area (TPSA) is 74.6 Å². The number of allylic oxidation sites excluding steroid dienone is 3. The van der Waals surface area contributed by atoms with Crippen LogP contribution in [0.5, 0.6) is 5.75 Å². The Morgan fingerprint density at radius 3 is 2.62 bits per heavy atom. The first-order valence-corrected chi connectivity index (χ1v) is 10.5. The van der Waals surface area contributed by atoms with Crippen LogP contribution < -0.4 is 4.74 Å². The fraction of sp³-hybridized carbons (Fsp3) is 0.417. The van der Waals surface area contributed by atoms with Crippen molar-refractivity contribution < 1.29 is 23.8 Å². The van der Waals surface area contributed by atoms with E-state index in [0.717, 1.165) is 0 Å². The summed E-state index contributed by atoms with van der Waals surface area (Å²) in [6, 6.07) is 4.40. The second-order valence-corrected chi connectivity index (χ2v) is 8.53. The van der Waals surface area contributed by atoms with Crippen molar-refractivity contribution in [3.05, 3.63) is 65.5 Å². The fourth-order valence-corrected chi connectivity index (χ4v) is 3.69. The minimum Gasteiger partial charge on any atom is -0.497 e. The Hall–Kier alpha value is -3.13. The number of hydrogen-bond acceptors (Lipinski definition) is 6. The summed E-state index contributed by atoms with van der Waals surface area (Å²) in [5.74, 6) is 1.04. The Morgan fingerprint density at radius 2 is 2.03 bits per heavy atom. The molecule has 1 N–H and O–H groups in total. The monoisotopic (exact) mass is 443 g/mol. The molecule has 0 amide bonds. The van der Waals surface area contributed by atoms with Gasteiger partial charge in [0.2, 0.25) is 0 Å². The van der Waals surface area contributed by atoms with E-state index in [2.05, 4.69) is 16.4 Å². The number of carboxylic acid groups (broad SMARTS) is 1. The number of halogens is 1. The molecule has 0 saturated carbocycles. The molecular formula is C24H30FN3O4. The molecule has 7 nitrogen and oxygen atoms in total. The summed E-state index contributed by atoms with van der Waals surface area (Å²) in [6.07, 6.45) is 3.31. The number of carbonyl (C=O) groups is 1. The van der Waals surface area contributed by atoms with E-state index in [-0.39, 0.29) is 5.82 Å². The Bertz CT molecular complexity index is 989. The second-order valence-electron chi connectivity index (χ2n) is 8.53. The van der Waals surface area contributed by atoms with Crippen molar-refractivity contribution in [3.63, 3.8) is 0 Å². The highest BCUT2D eigenvalue weighted by molar-refractivity contribution is 6.02. The molecule has 2 aliphatic rings. The largest absolute Gasteiger partial charge is 0.497 e. The minimum atomic E-state index is -0.829. The lowest BCUT2D eigenvalue weighted by atomic mass is 9.93. The normalized spacial score (nSPS) is 17.8. The number of rotatable bonds is 6. The van der Waals surface area contributed by atoms with E-state index in [9.17, 15) is 14.3 Å². The predicted molar refractivity (Wildman–Crippen MR) is 121 cm³/mol. The maximum Gasteiger partial charge on any atom is 0.310 e. The number of methoxy groups -OCH3 is 1.